The van der Waals surface area contributed by atoms with Crippen LogP contribution >= 0.6 is 11.3 Å². The molecule has 1 N–H and O–H groups in total. The van der Waals surface area contributed by atoms with Crippen molar-refractivity contribution < 1.29 is 17.9 Å². The van der Waals surface area contributed by atoms with Crippen LogP contribution in [0.25, 0.3) is 21.6 Å². The van der Waals surface area contributed by atoms with Crippen molar-refractivity contribution in [2.75, 3.05) is 69.0 Å². The predicted molar refractivity (Wildman–Crippen MR) is 137 cm³/mol. The highest BCUT2D eigenvalue weighted by Gasteiger charge is 2.25. The molecule has 14 heteroatoms. The van der Waals surface area contributed by atoms with Crippen molar-refractivity contribution >= 4 is 49.3 Å². The molecular formula is C22H28N8O4S2. The number of fused-ring (bicyclic) bond motifs is 1. The minimum absolute atomic E-state index is 0.231. The first-order valence-electron chi connectivity index (χ1n) is 11.7. The lowest BCUT2D eigenvalue weighted by atomic mass is 10.3. The number of carbonyl (C=O) groups is 1. The molecule has 3 aromatic heterocycles. The van der Waals surface area contributed by atoms with E-state index in [1.807, 2.05) is 0 Å². The molecule has 3 aromatic rings. The van der Waals surface area contributed by atoms with Gasteiger partial charge in [-0.15, -0.1) is 11.3 Å². The molecule has 0 bridgehead atoms. The van der Waals surface area contributed by atoms with Crippen LogP contribution in [0.5, 0.6) is 0 Å². The number of anilines is 2. The molecule has 0 spiro atoms. The molecule has 0 unspecified atom stereocenters. The Balaban J connectivity index is 1.43. The van der Waals surface area contributed by atoms with E-state index in [4.69, 9.17) is 14.7 Å². The number of aromatic nitrogens is 4. The van der Waals surface area contributed by atoms with Gasteiger partial charge in [0.25, 0.3) is 0 Å². The van der Waals surface area contributed by atoms with Crippen LogP contribution in [0.4, 0.5) is 11.8 Å². The summed E-state index contributed by atoms with van der Waals surface area (Å²) in [7, 11) is -3.16. The molecule has 12 nitrogen and oxygen atoms in total. The van der Waals surface area contributed by atoms with E-state index in [0.29, 0.717) is 50.8 Å². The number of hydrogen-bond donors (Lipinski definition) is 1. The molecule has 2 aliphatic heterocycles. The molecule has 5 heterocycles. The fourth-order valence-electron chi connectivity index (χ4n) is 4.27. The molecular weight excluding hydrogens is 504 g/mol. The Morgan fingerprint density at radius 1 is 1.08 bits per heavy atom. The van der Waals surface area contributed by atoms with Crippen LogP contribution in [0.15, 0.2) is 18.5 Å². The van der Waals surface area contributed by atoms with Gasteiger partial charge in [0.05, 0.1) is 35.2 Å². The van der Waals surface area contributed by atoms with Crippen molar-refractivity contribution in [3.8, 4) is 11.4 Å². The van der Waals surface area contributed by atoms with Crippen LogP contribution in [0, 0.1) is 0 Å². The third-order valence-electron chi connectivity index (χ3n) is 6.09. The molecule has 5 rings (SSSR count). The van der Waals surface area contributed by atoms with Crippen molar-refractivity contribution in [2.24, 2.45) is 0 Å². The van der Waals surface area contributed by atoms with Crippen LogP contribution in [0.2, 0.25) is 0 Å². The zero-order valence-corrected chi connectivity index (χ0v) is 21.8. The quantitative estimate of drug-likeness (QED) is 0.490. The maximum atomic E-state index is 11.8. The summed E-state index contributed by atoms with van der Waals surface area (Å²) in [4.78, 5) is 35.1. The minimum atomic E-state index is -3.16. The first-order valence-corrected chi connectivity index (χ1v) is 14.3. The molecule has 36 heavy (non-hydrogen) atoms. The normalized spacial score (nSPS) is 18.0. The molecule has 0 saturated carbocycles. The number of rotatable bonds is 6. The Bertz CT molecular complexity index is 1350. The van der Waals surface area contributed by atoms with E-state index in [-0.39, 0.29) is 11.9 Å². The number of carbonyl (C=O) groups excluding carboxylic acids is 1. The lowest BCUT2D eigenvalue weighted by Gasteiger charge is -2.32. The molecule has 192 valence electrons. The smallest absolute Gasteiger partial charge is 0.229 e. The van der Waals surface area contributed by atoms with Crippen LogP contribution < -0.4 is 10.2 Å². The summed E-state index contributed by atoms with van der Waals surface area (Å²) in [6.07, 6.45) is 4.48. The maximum Gasteiger partial charge on any atom is 0.229 e. The van der Waals surface area contributed by atoms with Gasteiger partial charge >= 0.3 is 0 Å². The molecule has 0 radical (unpaired) electrons. The van der Waals surface area contributed by atoms with E-state index in [9.17, 15) is 13.2 Å². The van der Waals surface area contributed by atoms with Crippen LogP contribution in [0.1, 0.15) is 11.8 Å². The van der Waals surface area contributed by atoms with Crippen molar-refractivity contribution in [1.82, 2.24) is 29.1 Å². The van der Waals surface area contributed by atoms with E-state index in [0.717, 1.165) is 40.5 Å². The van der Waals surface area contributed by atoms with Gasteiger partial charge in [0, 0.05) is 70.0 Å². The van der Waals surface area contributed by atoms with Gasteiger partial charge in [0.2, 0.25) is 21.9 Å². The van der Waals surface area contributed by atoms with E-state index in [1.165, 1.54) is 17.5 Å². The number of nitrogens with zero attached hydrogens (tertiary/aromatic N) is 7. The number of morpholine rings is 1. The van der Waals surface area contributed by atoms with Gasteiger partial charge in [-0.3, -0.25) is 15.0 Å². The third-order valence-corrected chi connectivity index (χ3v) is 8.50. The predicted octanol–water partition coefficient (Wildman–Crippen LogP) is 1.02. The van der Waals surface area contributed by atoms with E-state index < -0.39 is 10.0 Å². The van der Waals surface area contributed by atoms with Gasteiger partial charge < -0.3 is 9.64 Å². The van der Waals surface area contributed by atoms with Gasteiger partial charge in [-0.1, -0.05) is 0 Å². The van der Waals surface area contributed by atoms with Gasteiger partial charge in [0.15, 0.2) is 11.6 Å². The monoisotopic (exact) mass is 532 g/mol. The number of thiophene rings is 1. The second kappa shape index (κ2) is 10.3. The number of amides is 1. The zero-order chi connectivity index (χ0) is 25.3. The number of piperazine rings is 1. The molecule has 2 saturated heterocycles. The summed E-state index contributed by atoms with van der Waals surface area (Å²) < 4.78 is 31.7. The Morgan fingerprint density at radius 3 is 2.42 bits per heavy atom. The van der Waals surface area contributed by atoms with Gasteiger partial charge in [0.1, 0.15) is 0 Å². The third kappa shape index (κ3) is 5.62. The van der Waals surface area contributed by atoms with Crippen molar-refractivity contribution in [3.63, 3.8) is 0 Å². The fourth-order valence-corrected chi connectivity index (χ4v) is 6.25. The summed E-state index contributed by atoms with van der Waals surface area (Å²) in [5.41, 5.74) is 1.51. The highest BCUT2D eigenvalue weighted by Crippen LogP contribution is 2.35. The molecule has 0 atom stereocenters. The molecule has 2 aliphatic rings. The molecule has 1 amide bonds. The first kappa shape index (κ1) is 24.9. The number of ether oxygens (including phenoxy) is 1. The van der Waals surface area contributed by atoms with Crippen molar-refractivity contribution in [1.29, 1.82) is 0 Å². The lowest BCUT2D eigenvalue weighted by Crippen LogP contribution is -2.47. The van der Waals surface area contributed by atoms with Crippen LogP contribution in [0.3, 0.4) is 0 Å². The second-order valence-corrected chi connectivity index (χ2v) is 11.9. The number of sulfonamides is 1. The van der Waals surface area contributed by atoms with Crippen LogP contribution in [-0.2, 0) is 26.1 Å². The van der Waals surface area contributed by atoms with Gasteiger partial charge in [-0.05, 0) is 6.07 Å². The van der Waals surface area contributed by atoms with Gasteiger partial charge in [-0.2, -0.15) is 4.31 Å². The Hall–Kier alpha value is -2.78. The Kier molecular flexibility index (Phi) is 7.12. The summed E-state index contributed by atoms with van der Waals surface area (Å²) in [6, 6.07) is 2.09. The topological polar surface area (TPSA) is 134 Å². The standard InChI is InChI=1S/C22H28N8O4S2/c1-15(31)25-22-23-12-16(13-24-22)20-26-18-11-17(14-28-3-5-30(6-4-28)36(2,32)33)35-19(18)21(27-20)29-7-9-34-10-8-29/h11-13H,3-10,14H2,1-2H3,(H,23,24,25,31). The van der Waals surface area contributed by atoms with E-state index in [1.54, 1.807) is 23.7 Å². The zero-order valence-electron chi connectivity index (χ0n) is 20.2. The van der Waals surface area contributed by atoms with E-state index in [2.05, 4.69) is 31.2 Å². The molecule has 0 aromatic carbocycles. The average Bonchev–Trinajstić information content (AvgIpc) is 3.26. The number of nitrogens with one attached hydrogen (secondary N) is 1. The van der Waals surface area contributed by atoms with Crippen molar-refractivity contribution in [3.05, 3.63) is 23.3 Å². The summed E-state index contributed by atoms with van der Waals surface area (Å²) in [5.74, 6) is 1.37. The summed E-state index contributed by atoms with van der Waals surface area (Å²) in [5, 5.41) is 2.57. The summed E-state index contributed by atoms with van der Waals surface area (Å²) >= 11 is 1.67. The highest BCUT2D eigenvalue weighted by molar-refractivity contribution is 7.88. The second-order valence-electron chi connectivity index (χ2n) is 8.81. The Labute approximate surface area is 213 Å². The average molecular weight is 533 g/mol. The van der Waals surface area contributed by atoms with Gasteiger partial charge in [-0.25, -0.2) is 28.4 Å². The molecule has 0 aliphatic carbocycles. The Morgan fingerprint density at radius 2 is 1.78 bits per heavy atom. The fraction of sp³-hybridized carbons (Fsp3) is 0.500. The largest absolute Gasteiger partial charge is 0.378 e. The molecule has 2 fully saturated rings. The van der Waals surface area contributed by atoms with E-state index >= 15 is 0 Å². The summed E-state index contributed by atoms with van der Waals surface area (Å²) in [6.45, 7) is 7.26. The minimum Gasteiger partial charge on any atom is -0.378 e. The highest BCUT2D eigenvalue weighted by atomic mass is 32.2. The SMILES string of the molecule is CC(=O)Nc1ncc(-c2nc(N3CCOCC3)c3sc(CN4CCN(S(C)(=O)=O)CC4)cc3n2)cn1. The van der Waals surface area contributed by atoms with Crippen LogP contribution in [-0.4, -0.2) is 102 Å². The lowest BCUT2D eigenvalue weighted by molar-refractivity contribution is -0.114. The number of hydrogen-bond acceptors (Lipinski definition) is 11. The first-order chi connectivity index (χ1) is 17.3. The maximum absolute atomic E-state index is 11.8. The van der Waals surface area contributed by atoms with Crippen molar-refractivity contribution in [2.45, 2.75) is 13.5 Å².